The normalized spacial score (nSPS) is 10.9. The molecule has 0 saturated carbocycles. The summed E-state index contributed by atoms with van der Waals surface area (Å²) in [7, 11) is 7.80. The Morgan fingerprint density at radius 1 is 0.805 bits per heavy atom. The number of anilines is 2. The number of benzene rings is 3. The standard InChI is InChI=1S/C29H30F3N3O5S/c1-34(18-7-9-25(37-3)27(12-18)39-5)28-16-33-29(35(28)19-6-8-22(30)26(13-19)38-4)41-17-21-23(31)14-20(15-24(21)32)40-11-10-36-2/h6-9,12-16H,10-11,17H2,1-5H3. The lowest BCUT2D eigenvalue weighted by molar-refractivity contribution is 0.146. The van der Waals surface area contributed by atoms with Crippen molar-refractivity contribution >= 4 is 23.3 Å². The third kappa shape index (κ3) is 6.66. The van der Waals surface area contributed by atoms with Crippen LogP contribution in [0.15, 0.2) is 59.9 Å². The summed E-state index contributed by atoms with van der Waals surface area (Å²) in [5.74, 6) is -0.280. The summed E-state index contributed by atoms with van der Waals surface area (Å²) in [5, 5.41) is 0.417. The predicted octanol–water partition coefficient (Wildman–Crippen LogP) is 6.40. The maximum Gasteiger partial charge on any atom is 0.174 e. The molecule has 4 aromatic rings. The van der Waals surface area contributed by atoms with Crippen LogP contribution in [0, 0.1) is 17.5 Å². The van der Waals surface area contributed by atoms with E-state index in [1.807, 2.05) is 18.0 Å². The molecular formula is C29H30F3N3O5S. The fourth-order valence-corrected chi connectivity index (χ4v) is 5.05. The number of nitrogens with zero attached hydrogens (tertiary/aromatic N) is 3. The molecule has 218 valence electrons. The first-order chi connectivity index (χ1) is 19.8. The summed E-state index contributed by atoms with van der Waals surface area (Å²) < 4.78 is 72.1. The Bertz CT molecular complexity index is 1480. The summed E-state index contributed by atoms with van der Waals surface area (Å²) in [4.78, 5) is 6.39. The molecule has 0 fully saturated rings. The summed E-state index contributed by atoms with van der Waals surface area (Å²) >= 11 is 1.12. The topological polar surface area (TPSA) is 67.2 Å². The summed E-state index contributed by atoms with van der Waals surface area (Å²) in [6.07, 6.45) is 1.62. The number of methoxy groups -OCH3 is 4. The van der Waals surface area contributed by atoms with E-state index in [2.05, 4.69) is 4.98 Å². The van der Waals surface area contributed by atoms with Crippen molar-refractivity contribution in [2.45, 2.75) is 10.9 Å². The monoisotopic (exact) mass is 589 g/mol. The molecule has 0 aliphatic carbocycles. The van der Waals surface area contributed by atoms with Gasteiger partial charge in [0.1, 0.15) is 29.8 Å². The molecule has 0 aliphatic rings. The van der Waals surface area contributed by atoms with Gasteiger partial charge in [0.2, 0.25) is 0 Å². The number of rotatable bonds is 13. The second-order valence-corrected chi connectivity index (χ2v) is 9.59. The van der Waals surface area contributed by atoms with Crippen molar-refractivity contribution in [2.75, 3.05) is 53.6 Å². The minimum atomic E-state index is -0.742. The average molecular weight is 590 g/mol. The lowest BCUT2D eigenvalue weighted by Gasteiger charge is -2.23. The molecule has 1 aromatic heterocycles. The molecule has 3 aromatic carbocycles. The van der Waals surface area contributed by atoms with Crippen LogP contribution in [0.4, 0.5) is 24.7 Å². The Morgan fingerprint density at radius 2 is 1.51 bits per heavy atom. The van der Waals surface area contributed by atoms with Gasteiger partial charge in [-0.25, -0.2) is 18.2 Å². The first-order valence-corrected chi connectivity index (χ1v) is 13.4. The number of halogens is 3. The second kappa shape index (κ2) is 13.6. The second-order valence-electron chi connectivity index (χ2n) is 8.65. The van der Waals surface area contributed by atoms with Gasteiger partial charge in [-0.2, -0.15) is 0 Å². The third-order valence-electron chi connectivity index (χ3n) is 6.22. The van der Waals surface area contributed by atoms with Gasteiger partial charge in [0.25, 0.3) is 0 Å². The molecule has 1 heterocycles. The van der Waals surface area contributed by atoms with Gasteiger partial charge >= 0.3 is 0 Å². The van der Waals surface area contributed by atoms with Crippen LogP contribution in [-0.4, -0.2) is 58.3 Å². The molecule has 0 unspecified atom stereocenters. The van der Waals surface area contributed by atoms with Crippen LogP contribution in [0.25, 0.3) is 5.69 Å². The zero-order valence-electron chi connectivity index (χ0n) is 23.2. The maximum absolute atomic E-state index is 14.9. The molecule has 12 heteroatoms. The van der Waals surface area contributed by atoms with Gasteiger partial charge in [0.05, 0.1) is 39.8 Å². The fourth-order valence-electron chi connectivity index (χ4n) is 4.04. The Balaban J connectivity index is 1.71. The smallest absolute Gasteiger partial charge is 0.174 e. The van der Waals surface area contributed by atoms with E-state index in [4.69, 9.17) is 23.7 Å². The average Bonchev–Trinajstić information content (AvgIpc) is 3.40. The van der Waals surface area contributed by atoms with E-state index in [0.717, 1.165) is 29.6 Å². The third-order valence-corrected chi connectivity index (χ3v) is 7.20. The van der Waals surface area contributed by atoms with Crippen LogP contribution < -0.4 is 23.8 Å². The minimum absolute atomic E-state index is 0.0352. The molecule has 8 nitrogen and oxygen atoms in total. The molecular weight excluding hydrogens is 559 g/mol. The number of thioether (sulfide) groups is 1. The Kier molecular flexibility index (Phi) is 9.90. The molecule has 0 N–H and O–H groups in total. The molecule has 4 rings (SSSR count). The summed E-state index contributed by atoms with van der Waals surface area (Å²) in [6, 6.07) is 12.1. The fraction of sp³-hybridized carbons (Fsp3) is 0.276. The molecule has 0 radical (unpaired) electrons. The van der Waals surface area contributed by atoms with Crippen molar-refractivity contribution in [3.05, 3.63) is 77.7 Å². The van der Waals surface area contributed by atoms with Gasteiger partial charge < -0.3 is 28.6 Å². The highest BCUT2D eigenvalue weighted by atomic mass is 32.2. The van der Waals surface area contributed by atoms with Crippen molar-refractivity contribution in [3.8, 4) is 28.7 Å². The molecule has 0 bridgehead atoms. The van der Waals surface area contributed by atoms with E-state index in [-0.39, 0.29) is 36.0 Å². The zero-order valence-corrected chi connectivity index (χ0v) is 24.1. The van der Waals surface area contributed by atoms with E-state index in [1.165, 1.54) is 26.4 Å². The minimum Gasteiger partial charge on any atom is -0.494 e. The van der Waals surface area contributed by atoms with Crippen molar-refractivity contribution in [1.82, 2.24) is 9.55 Å². The largest absolute Gasteiger partial charge is 0.494 e. The first kappa shape index (κ1) is 29.9. The van der Waals surface area contributed by atoms with E-state index < -0.39 is 17.5 Å². The lowest BCUT2D eigenvalue weighted by atomic mass is 10.2. The molecule has 0 spiro atoms. The molecule has 0 atom stereocenters. The SMILES string of the molecule is COCCOc1cc(F)c(CSc2ncc(N(C)c3ccc(OC)c(OC)c3)n2-c2ccc(F)c(OC)c2)c(F)c1. The quantitative estimate of drug-likeness (QED) is 0.131. The number of imidazole rings is 1. The van der Waals surface area contributed by atoms with Gasteiger partial charge in [0, 0.05) is 55.4 Å². The Labute approximate surface area is 240 Å². The van der Waals surface area contributed by atoms with Crippen LogP contribution >= 0.6 is 11.8 Å². The zero-order chi connectivity index (χ0) is 29.5. The van der Waals surface area contributed by atoms with Gasteiger partial charge in [-0.15, -0.1) is 0 Å². The van der Waals surface area contributed by atoms with E-state index >= 15 is 0 Å². The van der Waals surface area contributed by atoms with Gasteiger partial charge in [-0.05, 0) is 24.3 Å². The van der Waals surface area contributed by atoms with E-state index in [0.29, 0.717) is 28.2 Å². The number of hydrogen-bond donors (Lipinski definition) is 0. The van der Waals surface area contributed by atoms with Gasteiger partial charge in [0.15, 0.2) is 28.2 Å². The summed E-state index contributed by atoms with van der Waals surface area (Å²) in [6.45, 7) is 0.455. The highest BCUT2D eigenvalue weighted by molar-refractivity contribution is 7.98. The van der Waals surface area contributed by atoms with Crippen molar-refractivity contribution in [3.63, 3.8) is 0 Å². The van der Waals surface area contributed by atoms with Crippen molar-refractivity contribution in [1.29, 1.82) is 0 Å². The van der Waals surface area contributed by atoms with Gasteiger partial charge in [-0.1, -0.05) is 11.8 Å². The Hall–Kier alpha value is -4.03. The van der Waals surface area contributed by atoms with Crippen LogP contribution in [0.2, 0.25) is 0 Å². The molecule has 0 amide bonds. The summed E-state index contributed by atoms with van der Waals surface area (Å²) in [5.41, 5.74) is 1.15. The van der Waals surface area contributed by atoms with Gasteiger partial charge in [-0.3, -0.25) is 4.57 Å². The number of aromatic nitrogens is 2. The molecule has 0 saturated heterocycles. The van der Waals surface area contributed by atoms with Crippen molar-refractivity contribution < 1.29 is 36.9 Å². The van der Waals surface area contributed by atoms with Crippen LogP contribution in [0.5, 0.6) is 23.0 Å². The van der Waals surface area contributed by atoms with Crippen LogP contribution in [-0.2, 0) is 10.5 Å². The highest BCUT2D eigenvalue weighted by Gasteiger charge is 2.21. The van der Waals surface area contributed by atoms with Crippen molar-refractivity contribution in [2.24, 2.45) is 0 Å². The highest BCUT2D eigenvalue weighted by Crippen LogP contribution is 2.38. The van der Waals surface area contributed by atoms with Crippen LogP contribution in [0.3, 0.4) is 0 Å². The number of ether oxygens (including phenoxy) is 5. The lowest BCUT2D eigenvalue weighted by Crippen LogP contribution is -2.14. The Morgan fingerprint density at radius 3 is 2.17 bits per heavy atom. The first-order valence-electron chi connectivity index (χ1n) is 12.4. The molecule has 41 heavy (non-hydrogen) atoms. The molecule has 0 aliphatic heterocycles. The van der Waals surface area contributed by atoms with E-state index in [9.17, 15) is 13.2 Å². The van der Waals surface area contributed by atoms with Crippen LogP contribution in [0.1, 0.15) is 5.56 Å². The predicted molar refractivity (Wildman–Crippen MR) is 151 cm³/mol. The number of hydrogen-bond acceptors (Lipinski definition) is 8. The van der Waals surface area contributed by atoms with E-state index in [1.54, 1.807) is 43.2 Å². The maximum atomic E-state index is 14.9.